The van der Waals surface area contributed by atoms with Gasteiger partial charge in [0.05, 0.1) is 12.5 Å². The number of benzene rings is 1. The van der Waals surface area contributed by atoms with Crippen molar-refractivity contribution in [3.8, 4) is 6.07 Å². The number of hydrogen-bond donors (Lipinski definition) is 1. The zero-order chi connectivity index (χ0) is 12.8. The van der Waals surface area contributed by atoms with Crippen molar-refractivity contribution in [2.45, 2.75) is 19.4 Å². The Kier molecular flexibility index (Phi) is 4.53. The van der Waals surface area contributed by atoms with Gasteiger partial charge in [0.1, 0.15) is 0 Å². The van der Waals surface area contributed by atoms with Crippen LogP contribution in [0.25, 0.3) is 0 Å². The lowest BCUT2D eigenvalue weighted by Gasteiger charge is -2.23. The molecule has 17 heavy (non-hydrogen) atoms. The second-order valence-corrected chi connectivity index (χ2v) is 3.95. The molecule has 4 nitrogen and oxygen atoms in total. The lowest BCUT2D eigenvalue weighted by Crippen LogP contribution is -2.34. The van der Waals surface area contributed by atoms with Crippen LogP contribution in [-0.2, 0) is 0 Å². The molecule has 0 aliphatic carbocycles. The van der Waals surface area contributed by atoms with Crippen LogP contribution in [0, 0.1) is 11.3 Å². The normalized spacial score (nSPS) is 11.4. The highest BCUT2D eigenvalue weighted by molar-refractivity contribution is 5.94. The lowest BCUT2D eigenvalue weighted by atomic mass is 10.1. The van der Waals surface area contributed by atoms with E-state index < -0.39 is 0 Å². The Labute approximate surface area is 102 Å². The minimum absolute atomic E-state index is 0.0598. The van der Waals surface area contributed by atoms with E-state index in [4.69, 9.17) is 5.26 Å². The summed E-state index contributed by atoms with van der Waals surface area (Å²) in [6.45, 7) is 1.86. The number of nitrogens with zero attached hydrogens (tertiary/aromatic N) is 2. The first-order valence-corrected chi connectivity index (χ1v) is 5.52. The summed E-state index contributed by atoms with van der Waals surface area (Å²) in [5.74, 6) is -0.0598. The molecule has 0 saturated carbocycles. The highest BCUT2D eigenvalue weighted by atomic mass is 16.2. The van der Waals surface area contributed by atoms with Crippen LogP contribution in [0.3, 0.4) is 0 Å². The maximum atomic E-state index is 12.1. The van der Waals surface area contributed by atoms with E-state index in [0.29, 0.717) is 12.0 Å². The molecule has 0 fully saturated rings. The predicted octanol–water partition coefficient (Wildman–Crippen LogP) is 2.10. The first kappa shape index (κ1) is 13.0. The van der Waals surface area contributed by atoms with Gasteiger partial charge in [-0.05, 0) is 31.2 Å². The predicted molar refractivity (Wildman–Crippen MR) is 67.8 cm³/mol. The van der Waals surface area contributed by atoms with Gasteiger partial charge < -0.3 is 10.2 Å². The summed E-state index contributed by atoms with van der Waals surface area (Å²) in [6, 6.07) is 9.27. The van der Waals surface area contributed by atoms with Crippen LogP contribution in [0.5, 0.6) is 0 Å². The maximum absolute atomic E-state index is 12.1. The van der Waals surface area contributed by atoms with E-state index in [2.05, 4.69) is 11.4 Å². The van der Waals surface area contributed by atoms with Crippen LogP contribution >= 0.6 is 0 Å². The fourth-order valence-corrected chi connectivity index (χ4v) is 1.45. The molecule has 0 radical (unpaired) electrons. The Hall–Kier alpha value is -2.02. The molecule has 0 heterocycles. The van der Waals surface area contributed by atoms with Gasteiger partial charge in [0, 0.05) is 31.4 Å². The summed E-state index contributed by atoms with van der Waals surface area (Å²) in [4.78, 5) is 13.7. The van der Waals surface area contributed by atoms with Gasteiger partial charge in [-0.15, -0.1) is 0 Å². The van der Waals surface area contributed by atoms with E-state index in [1.54, 1.807) is 24.1 Å². The van der Waals surface area contributed by atoms with Crippen LogP contribution in [0.2, 0.25) is 0 Å². The monoisotopic (exact) mass is 231 g/mol. The zero-order valence-corrected chi connectivity index (χ0v) is 10.4. The molecule has 1 unspecified atom stereocenters. The third-order valence-electron chi connectivity index (χ3n) is 2.79. The summed E-state index contributed by atoms with van der Waals surface area (Å²) in [7, 11) is 3.55. The minimum Gasteiger partial charge on any atom is -0.388 e. The van der Waals surface area contributed by atoms with Gasteiger partial charge in [-0.3, -0.25) is 4.79 Å². The number of anilines is 1. The number of rotatable bonds is 4. The minimum atomic E-state index is -0.0727. The van der Waals surface area contributed by atoms with E-state index in [1.807, 2.05) is 26.1 Å². The van der Waals surface area contributed by atoms with E-state index in [9.17, 15) is 4.79 Å². The molecular formula is C13H17N3O. The number of carbonyl (C=O) groups is 1. The van der Waals surface area contributed by atoms with Crippen molar-refractivity contribution >= 4 is 11.6 Å². The fourth-order valence-electron chi connectivity index (χ4n) is 1.45. The third-order valence-corrected chi connectivity index (χ3v) is 2.79. The summed E-state index contributed by atoms with van der Waals surface area (Å²) in [6.07, 6.45) is 0.344. The molecule has 1 amide bonds. The van der Waals surface area contributed by atoms with Crippen molar-refractivity contribution in [1.82, 2.24) is 4.90 Å². The third kappa shape index (κ3) is 3.22. The average molecular weight is 231 g/mol. The summed E-state index contributed by atoms with van der Waals surface area (Å²) < 4.78 is 0. The second-order valence-electron chi connectivity index (χ2n) is 3.95. The maximum Gasteiger partial charge on any atom is 0.253 e. The average Bonchev–Trinajstić information content (AvgIpc) is 2.37. The van der Waals surface area contributed by atoms with Gasteiger partial charge >= 0.3 is 0 Å². The number of nitrogens with one attached hydrogen (secondary N) is 1. The van der Waals surface area contributed by atoms with E-state index in [1.165, 1.54) is 0 Å². The molecule has 0 spiro atoms. The molecule has 90 valence electrons. The topological polar surface area (TPSA) is 56.1 Å². The van der Waals surface area contributed by atoms with Gasteiger partial charge in [-0.1, -0.05) is 0 Å². The standard InChI is InChI=1S/C13H17N3O/c1-10(8-9-14)16(3)13(17)11-4-6-12(15-2)7-5-11/h4-7,10,15H,8H2,1-3H3. The van der Waals surface area contributed by atoms with E-state index in [-0.39, 0.29) is 11.9 Å². The Bertz CT molecular complexity index is 419. The Morgan fingerprint density at radius 2 is 2.06 bits per heavy atom. The molecule has 0 aliphatic heterocycles. The molecular weight excluding hydrogens is 214 g/mol. The summed E-state index contributed by atoms with van der Waals surface area (Å²) in [5.41, 5.74) is 1.60. The van der Waals surface area contributed by atoms with Gasteiger partial charge in [0.2, 0.25) is 0 Å². The highest BCUT2D eigenvalue weighted by Crippen LogP contribution is 2.12. The first-order chi connectivity index (χ1) is 8.10. The molecule has 1 atom stereocenters. The van der Waals surface area contributed by atoms with Crippen LogP contribution in [0.15, 0.2) is 24.3 Å². The SMILES string of the molecule is CNc1ccc(C(=O)N(C)C(C)CC#N)cc1. The van der Waals surface area contributed by atoms with Crippen molar-refractivity contribution in [3.63, 3.8) is 0 Å². The van der Waals surface area contributed by atoms with Crippen molar-refractivity contribution in [2.24, 2.45) is 0 Å². The number of nitriles is 1. The summed E-state index contributed by atoms with van der Waals surface area (Å²) >= 11 is 0. The molecule has 4 heteroatoms. The highest BCUT2D eigenvalue weighted by Gasteiger charge is 2.16. The van der Waals surface area contributed by atoms with Gasteiger partial charge in [0.15, 0.2) is 0 Å². The van der Waals surface area contributed by atoms with Gasteiger partial charge in [-0.25, -0.2) is 0 Å². The second kappa shape index (κ2) is 5.90. The molecule has 1 aromatic carbocycles. The van der Waals surface area contributed by atoms with E-state index >= 15 is 0 Å². The Morgan fingerprint density at radius 3 is 2.53 bits per heavy atom. The fraction of sp³-hybridized carbons (Fsp3) is 0.385. The van der Waals surface area contributed by atoms with Crippen LogP contribution in [0.4, 0.5) is 5.69 Å². The first-order valence-electron chi connectivity index (χ1n) is 5.52. The summed E-state index contributed by atoms with van der Waals surface area (Å²) in [5, 5.41) is 11.6. The molecule has 1 aromatic rings. The van der Waals surface area contributed by atoms with E-state index in [0.717, 1.165) is 5.69 Å². The number of amides is 1. The lowest BCUT2D eigenvalue weighted by molar-refractivity contribution is 0.0746. The molecule has 0 saturated heterocycles. The molecule has 0 aromatic heterocycles. The van der Waals surface area contributed by atoms with Crippen molar-refractivity contribution in [1.29, 1.82) is 5.26 Å². The van der Waals surface area contributed by atoms with Crippen LogP contribution < -0.4 is 5.32 Å². The van der Waals surface area contributed by atoms with Crippen LogP contribution in [-0.4, -0.2) is 30.9 Å². The zero-order valence-electron chi connectivity index (χ0n) is 10.4. The molecule has 0 aliphatic rings. The van der Waals surface area contributed by atoms with Crippen molar-refractivity contribution in [3.05, 3.63) is 29.8 Å². The van der Waals surface area contributed by atoms with Crippen molar-refractivity contribution < 1.29 is 4.79 Å². The Balaban J connectivity index is 2.78. The van der Waals surface area contributed by atoms with Crippen LogP contribution in [0.1, 0.15) is 23.7 Å². The van der Waals surface area contributed by atoms with Gasteiger partial charge in [0.25, 0.3) is 5.91 Å². The molecule has 1 N–H and O–H groups in total. The Morgan fingerprint density at radius 1 is 1.47 bits per heavy atom. The molecule has 0 bridgehead atoms. The van der Waals surface area contributed by atoms with Crippen molar-refractivity contribution in [2.75, 3.05) is 19.4 Å². The number of hydrogen-bond acceptors (Lipinski definition) is 3. The number of carbonyl (C=O) groups excluding carboxylic acids is 1. The smallest absolute Gasteiger partial charge is 0.253 e. The van der Waals surface area contributed by atoms with Gasteiger partial charge in [-0.2, -0.15) is 5.26 Å². The quantitative estimate of drug-likeness (QED) is 0.863. The molecule has 1 rings (SSSR count). The largest absolute Gasteiger partial charge is 0.388 e.